The molecule has 0 aromatic heterocycles. The smallest absolute Gasteiger partial charge is 0.326 e. The van der Waals surface area contributed by atoms with E-state index in [9.17, 15) is 31.5 Å². The van der Waals surface area contributed by atoms with Gasteiger partial charge < -0.3 is 10.4 Å². The Kier molecular flexibility index (Phi) is 5.45. The van der Waals surface area contributed by atoms with Gasteiger partial charge in [-0.05, 0) is 12.3 Å². The van der Waals surface area contributed by atoms with Crippen LogP contribution in [0, 0.1) is 35.0 Å². The quantitative estimate of drug-likeness (QED) is 0.497. The number of carbonyl (C=O) groups is 2. The summed E-state index contributed by atoms with van der Waals surface area (Å²) in [7, 11) is 0. The van der Waals surface area contributed by atoms with Crippen molar-refractivity contribution in [1.29, 1.82) is 0 Å². The molecule has 0 bridgehead atoms. The molecule has 1 aromatic rings. The minimum Gasteiger partial charge on any atom is -0.480 e. The average Bonchev–Trinajstić information content (AvgIpc) is 2.42. The fraction of sp³-hybridized carbons (Fsp3) is 0.385. The summed E-state index contributed by atoms with van der Waals surface area (Å²) in [5, 5.41) is 10.6. The molecule has 1 rings (SSSR count). The Morgan fingerprint density at radius 1 is 0.955 bits per heavy atom. The van der Waals surface area contributed by atoms with Crippen LogP contribution in [0.1, 0.15) is 30.6 Å². The summed E-state index contributed by atoms with van der Waals surface area (Å²) >= 11 is 0. The third-order valence-electron chi connectivity index (χ3n) is 2.75. The molecule has 0 aliphatic heterocycles. The molecular weight excluding hydrogens is 313 g/mol. The third kappa shape index (κ3) is 3.52. The highest BCUT2D eigenvalue weighted by atomic mass is 19.2. The van der Waals surface area contributed by atoms with Crippen molar-refractivity contribution in [3.05, 3.63) is 34.6 Å². The number of nitrogens with one attached hydrogen (secondary N) is 1. The first-order valence-electron chi connectivity index (χ1n) is 6.13. The molecule has 0 radical (unpaired) electrons. The maximum Gasteiger partial charge on any atom is 0.326 e. The highest BCUT2D eigenvalue weighted by molar-refractivity contribution is 5.97. The number of carboxylic acids is 1. The van der Waals surface area contributed by atoms with E-state index in [1.54, 1.807) is 19.2 Å². The van der Waals surface area contributed by atoms with Crippen molar-refractivity contribution in [3.63, 3.8) is 0 Å². The number of hydrogen-bond donors (Lipinski definition) is 2. The van der Waals surface area contributed by atoms with Gasteiger partial charge in [0.1, 0.15) is 11.6 Å². The lowest BCUT2D eigenvalue weighted by molar-refractivity contribution is -0.139. The van der Waals surface area contributed by atoms with Crippen LogP contribution in [0.25, 0.3) is 0 Å². The van der Waals surface area contributed by atoms with Gasteiger partial charge in [0.05, 0.1) is 0 Å². The van der Waals surface area contributed by atoms with E-state index >= 15 is 0 Å². The van der Waals surface area contributed by atoms with E-state index in [-0.39, 0.29) is 12.3 Å². The molecule has 2 N–H and O–H groups in total. The van der Waals surface area contributed by atoms with Crippen LogP contribution < -0.4 is 5.32 Å². The SMILES string of the molecule is CC(C)C[C@H](NC(=O)c1c(F)c(F)c(F)c(F)c1F)C(=O)O. The van der Waals surface area contributed by atoms with E-state index in [4.69, 9.17) is 5.11 Å². The molecule has 9 heteroatoms. The molecular formula is C13H12F5NO3. The zero-order chi connectivity index (χ0) is 17.2. The number of benzene rings is 1. The molecule has 0 unspecified atom stereocenters. The Morgan fingerprint density at radius 2 is 1.36 bits per heavy atom. The molecule has 0 saturated heterocycles. The van der Waals surface area contributed by atoms with Gasteiger partial charge in [0.25, 0.3) is 5.91 Å². The molecule has 22 heavy (non-hydrogen) atoms. The summed E-state index contributed by atoms with van der Waals surface area (Å²) in [6.45, 7) is 3.25. The van der Waals surface area contributed by atoms with Crippen LogP contribution in [0.15, 0.2) is 0 Å². The van der Waals surface area contributed by atoms with Gasteiger partial charge in [0, 0.05) is 0 Å². The first-order valence-corrected chi connectivity index (χ1v) is 6.13. The topological polar surface area (TPSA) is 66.4 Å². The zero-order valence-corrected chi connectivity index (χ0v) is 11.5. The van der Waals surface area contributed by atoms with Crippen LogP contribution in [0.3, 0.4) is 0 Å². The summed E-state index contributed by atoms with van der Waals surface area (Å²) in [6, 6.07) is -1.53. The molecule has 0 spiro atoms. The van der Waals surface area contributed by atoms with Gasteiger partial charge in [0.2, 0.25) is 5.82 Å². The second kappa shape index (κ2) is 6.71. The maximum absolute atomic E-state index is 13.4. The van der Waals surface area contributed by atoms with Crippen molar-refractivity contribution < 1.29 is 36.6 Å². The number of aliphatic carboxylic acids is 1. The third-order valence-corrected chi connectivity index (χ3v) is 2.75. The lowest BCUT2D eigenvalue weighted by atomic mass is 10.0. The molecule has 4 nitrogen and oxygen atoms in total. The fourth-order valence-electron chi connectivity index (χ4n) is 1.73. The first kappa shape index (κ1) is 17.9. The fourth-order valence-corrected chi connectivity index (χ4v) is 1.73. The second-order valence-electron chi connectivity index (χ2n) is 4.94. The number of hydrogen-bond acceptors (Lipinski definition) is 2. The highest BCUT2D eigenvalue weighted by Gasteiger charge is 2.31. The van der Waals surface area contributed by atoms with Gasteiger partial charge in [-0.2, -0.15) is 0 Å². The van der Waals surface area contributed by atoms with Crippen molar-refractivity contribution in [3.8, 4) is 0 Å². The largest absolute Gasteiger partial charge is 0.480 e. The summed E-state index contributed by atoms with van der Waals surface area (Å²) < 4.78 is 65.8. The summed E-state index contributed by atoms with van der Waals surface area (Å²) in [4.78, 5) is 22.6. The zero-order valence-electron chi connectivity index (χ0n) is 11.5. The molecule has 0 aliphatic rings. The standard InChI is InChI=1S/C13H12F5NO3/c1-4(2)3-5(13(21)22)19-12(20)6-7(14)9(16)11(18)10(17)8(6)15/h4-5H,3H2,1-2H3,(H,19,20)(H,21,22)/t5-/m0/s1. The van der Waals surface area contributed by atoms with E-state index in [1.807, 2.05) is 0 Å². The van der Waals surface area contributed by atoms with Crippen molar-refractivity contribution in [2.24, 2.45) is 5.92 Å². The molecule has 0 heterocycles. The predicted molar refractivity (Wildman–Crippen MR) is 64.6 cm³/mol. The van der Waals surface area contributed by atoms with E-state index in [1.165, 1.54) is 0 Å². The van der Waals surface area contributed by atoms with E-state index in [0.29, 0.717) is 0 Å². The Bertz CT molecular complexity index is 589. The number of carboxylic acid groups (broad SMARTS) is 1. The van der Waals surface area contributed by atoms with Crippen LogP contribution in [0.4, 0.5) is 22.0 Å². The van der Waals surface area contributed by atoms with Gasteiger partial charge >= 0.3 is 5.97 Å². The van der Waals surface area contributed by atoms with Crippen LogP contribution in [-0.4, -0.2) is 23.0 Å². The minimum absolute atomic E-state index is 0.0868. The number of carbonyl (C=O) groups excluding carboxylic acids is 1. The van der Waals surface area contributed by atoms with Crippen LogP contribution in [-0.2, 0) is 4.79 Å². The average molecular weight is 325 g/mol. The lowest BCUT2D eigenvalue weighted by Crippen LogP contribution is -2.42. The Labute approximate surface area is 121 Å². The summed E-state index contributed by atoms with van der Waals surface area (Å²) in [5.41, 5.74) is -1.72. The second-order valence-corrected chi connectivity index (χ2v) is 4.94. The lowest BCUT2D eigenvalue weighted by Gasteiger charge is -2.17. The molecule has 1 aromatic carbocycles. The highest BCUT2D eigenvalue weighted by Crippen LogP contribution is 2.23. The van der Waals surface area contributed by atoms with Crippen molar-refractivity contribution >= 4 is 11.9 Å². The molecule has 0 fully saturated rings. The van der Waals surface area contributed by atoms with Gasteiger partial charge in [0.15, 0.2) is 23.3 Å². The first-order chi connectivity index (χ1) is 10.1. The maximum atomic E-state index is 13.4. The van der Waals surface area contributed by atoms with E-state index in [0.717, 1.165) is 0 Å². The van der Waals surface area contributed by atoms with E-state index < -0.39 is 52.6 Å². The van der Waals surface area contributed by atoms with Crippen molar-refractivity contribution in [2.45, 2.75) is 26.3 Å². The molecule has 0 aliphatic carbocycles. The number of rotatable bonds is 5. The van der Waals surface area contributed by atoms with Crippen LogP contribution in [0.5, 0.6) is 0 Å². The summed E-state index contributed by atoms with van der Waals surface area (Å²) in [6.07, 6.45) is -0.0868. The molecule has 1 amide bonds. The number of halogens is 5. The monoisotopic (exact) mass is 325 g/mol. The van der Waals surface area contributed by atoms with Gasteiger partial charge in [-0.25, -0.2) is 26.7 Å². The number of amides is 1. The van der Waals surface area contributed by atoms with Crippen LogP contribution in [0.2, 0.25) is 0 Å². The van der Waals surface area contributed by atoms with Crippen molar-refractivity contribution in [1.82, 2.24) is 5.32 Å². The van der Waals surface area contributed by atoms with Crippen molar-refractivity contribution in [2.75, 3.05) is 0 Å². The minimum atomic E-state index is -2.40. The normalized spacial score (nSPS) is 12.4. The molecule has 0 saturated carbocycles. The predicted octanol–water partition coefficient (Wildman–Crippen LogP) is 2.61. The van der Waals surface area contributed by atoms with Gasteiger partial charge in [-0.1, -0.05) is 13.8 Å². The van der Waals surface area contributed by atoms with E-state index in [2.05, 4.69) is 0 Å². The Morgan fingerprint density at radius 3 is 1.73 bits per heavy atom. The molecule has 1 atom stereocenters. The Hall–Kier alpha value is -2.19. The van der Waals surface area contributed by atoms with Gasteiger partial charge in [-0.15, -0.1) is 0 Å². The Balaban J connectivity index is 3.21. The van der Waals surface area contributed by atoms with Crippen LogP contribution >= 0.6 is 0 Å². The van der Waals surface area contributed by atoms with Gasteiger partial charge in [-0.3, -0.25) is 4.79 Å². The molecule has 122 valence electrons. The summed E-state index contributed by atoms with van der Waals surface area (Å²) in [5.74, 6) is -15.0.